The third-order valence-corrected chi connectivity index (χ3v) is 7.85. The molecule has 1 aliphatic heterocycles. The second-order valence-electron chi connectivity index (χ2n) is 10.1. The molecular formula is C27H31F3N2O3. The monoisotopic (exact) mass is 488 g/mol. The number of aliphatic hydroxyl groups is 1. The molecule has 0 bridgehead atoms. The minimum Gasteiger partial charge on any atom is -0.496 e. The number of fused-ring (bicyclic) bond motifs is 1. The van der Waals surface area contributed by atoms with Gasteiger partial charge in [0.25, 0.3) is 11.8 Å². The summed E-state index contributed by atoms with van der Waals surface area (Å²) in [5.41, 5.74) is 2.09. The lowest BCUT2D eigenvalue weighted by molar-refractivity contribution is -0.0294. The Morgan fingerprint density at radius 3 is 2.69 bits per heavy atom. The summed E-state index contributed by atoms with van der Waals surface area (Å²) in [6.07, 6.45) is -0.00847. The van der Waals surface area contributed by atoms with Crippen molar-refractivity contribution in [2.75, 3.05) is 20.2 Å². The Morgan fingerprint density at radius 1 is 1.23 bits per heavy atom. The van der Waals surface area contributed by atoms with Gasteiger partial charge < -0.3 is 15.2 Å². The number of rotatable bonds is 6. The topological polar surface area (TPSA) is 61.8 Å². The van der Waals surface area contributed by atoms with Crippen molar-refractivity contribution >= 4 is 5.91 Å². The predicted octanol–water partition coefficient (Wildman–Crippen LogP) is 5.00. The maximum atomic E-state index is 14.0. The molecule has 5 nitrogen and oxygen atoms in total. The molecule has 0 aromatic heterocycles. The van der Waals surface area contributed by atoms with Gasteiger partial charge in [0.05, 0.1) is 19.3 Å². The molecule has 188 valence electrons. The fourth-order valence-corrected chi connectivity index (χ4v) is 5.71. The first-order chi connectivity index (χ1) is 16.7. The van der Waals surface area contributed by atoms with E-state index in [0.29, 0.717) is 30.7 Å². The first-order valence-electron chi connectivity index (χ1n) is 12.2. The molecule has 35 heavy (non-hydrogen) atoms. The second kappa shape index (κ2) is 9.13. The van der Waals surface area contributed by atoms with Gasteiger partial charge in [0.2, 0.25) is 0 Å². The number of alkyl halides is 3. The van der Waals surface area contributed by atoms with E-state index in [2.05, 4.69) is 16.3 Å². The van der Waals surface area contributed by atoms with E-state index in [1.54, 1.807) is 7.11 Å². The van der Waals surface area contributed by atoms with E-state index in [4.69, 9.17) is 4.74 Å². The number of halogens is 3. The molecule has 1 heterocycles. The normalized spacial score (nSPS) is 28.3. The van der Waals surface area contributed by atoms with Gasteiger partial charge in [-0.05, 0) is 61.4 Å². The first kappa shape index (κ1) is 24.1. The maximum absolute atomic E-state index is 14.0. The summed E-state index contributed by atoms with van der Waals surface area (Å²) in [6.45, 7) is 3.22. The molecule has 2 aromatic carbocycles. The van der Waals surface area contributed by atoms with Crippen molar-refractivity contribution in [1.82, 2.24) is 10.2 Å². The zero-order chi connectivity index (χ0) is 24.9. The Balaban J connectivity index is 1.25. The van der Waals surface area contributed by atoms with Gasteiger partial charge in [0, 0.05) is 42.2 Å². The molecule has 3 atom stereocenters. The van der Waals surface area contributed by atoms with Crippen LogP contribution in [0.5, 0.6) is 5.75 Å². The van der Waals surface area contributed by atoms with Crippen molar-refractivity contribution in [3.05, 3.63) is 64.2 Å². The number of nitrogens with one attached hydrogen (secondary N) is 1. The standard InChI is InChI=1S/C27H31F3N2O3/c1-15(31-26(34)17-4-6-23-22(11-17)24(33)13-27(23,29)30)21-5-3-16(12-25(21)35-2)18-9-20(10-18)32-8-7-19(28)14-32/h3-6,11-12,15,18-20,24,33H,7-10,13-14H2,1-2H3,(H,31,34)/t15-,18?,19+,20?,24+/m0/s1. The zero-order valence-corrected chi connectivity index (χ0v) is 19.9. The summed E-state index contributed by atoms with van der Waals surface area (Å²) >= 11 is 0. The lowest BCUT2D eigenvalue weighted by Crippen LogP contribution is -2.42. The van der Waals surface area contributed by atoms with Gasteiger partial charge >= 0.3 is 0 Å². The highest BCUT2D eigenvalue weighted by Gasteiger charge is 2.44. The van der Waals surface area contributed by atoms with Gasteiger partial charge in [0.15, 0.2) is 0 Å². The second-order valence-corrected chi connectivity index (χ2v) is 10.1. The highest BCUT2D eigenvalue weighted by molar-refractivity contribution is 5.94. The maximum Gasteiger partial charge on any atom is 0.276 e. The first-order valence-corrected chi connectivity index (χ1v) is 12.2. The number of carbonyl (C=O) groups excluding carboxylic acids is 1. The van der Waals surface area contributed by atoms with Crippen molar-refractivity contribution in [2.45, 2.75) is 68.8 Å². The number of hydrogen-bond donors (Lipinski definition) is 2. The number of aliphatic hydroxyl groups excluding tert-OH is 1. The summed E-state index contributed by atoms with van der Waals surface area (Å²) in [7, 11) is 1.59. The number of methoxy groups -OCH3 is 1. The van der Waals surface area contributed by atoms with Crippen LogP contribution >= 0.6 is 0 Å². The molecular weight excluding hydrogens is 457 g/mol. The number of carbonyl (C=O) groups is 1. The number of likely N-dealkylation sites (tertiary alicyclic amines) is 1. The van der Waals surface area contributed by atoms with Crippen molar-refractivity contribution in [3.63, 3.8) is 0 Å². The smallest absolute Gasteiger partial charge is 0.276 e. The van der Waals surface area contributed by atoms with Crippen LogP contribution in [0.25, 0.3) is 0 Å². The van der Waals surface area contributed by atoms with Crippen molar-refractivity contribution < 1.29 is 27.8 Å². The van der Waals surface area contributed by atoms with Crippen molar-refractivity contribution in [3.8, 4) is 5.75 Å². The SMILES string of the molecule is COc1cc(C2CC(N3CC[C@@H](F)C3)C2)ccc1[C@H](C)NC(=O)c1ccc2c(c1)[C@H](O)CC2(F)F. The Bertz CT molecular complexity index is 1120. The van der Waals surface area contributed by atoms with Crippen LogP contribution in [0, 0.1) is 0 Å². The van der Waals surface area contributed by atoms with Crippen LogP contribution in [-0.2, 0) is 5.92 Å². The molecule has 1 amide bonds. The molecule has 2 N–H and O–H groups in total. The minimum absolute atomic E-state index is 0.104. The van der Waals surface area contributed by atoms with Crippen LogP contribution in [0.1, 0.15) is 83.3 Å². The number of benzene rings is 2. The van der Waals surface area contributed by atoms with Gasteiger partial charge in [-0.15, -0.1) is 0 Å². The molecule has 0 radical (unpaired) electrons. The molecule has 3 aliphatic rings. The van der Waals surface area contributed by atoms with E-state index in [1.807, 2.05) is 19.1 Å². The van der Waals surface area contributed by atoms with E-state index in [-0.39, 0.29) is 22.7 Å². The third-order valence-electron chi connectivity index (χ3n) is 7.85. The van der Waals surface area contributed by atoms with Crippen molar-refractivity contribution in [2.24, 2.45) is 0 Å². The summed E-state index contributed by atoms with van der Waals surface area (Å²) in [5, 5.41) is 12.9. The predicted molar refractivity (Wildman–Crippen MR) is 126 cm³/mol. The molecule has 2 aromatic rings. The van der Waals surface area contributed by atoms with Crippen molar-refractivity contribution in [1.29, 1.82) is 0 Å². The summed E-state index contributed by atoms with van der Waals surface area (Å²) in [6, 6.07) is 10.0. The highest BCUT2D eigenvalue weighted by Crippen LogP contribution is 2.47. The number of hydrogen-bond acceptors (Lipinski definition) is 4. The Morgan fingerprint density at radius 2 is 2.00 bits per heavy atom. The van der Waals surface area contributed by atoms with Gasteiger partial charge in [-0.25, -0.2) is 13.2 Å². The van der Waals surface area contributed by atoms with E-state index >= 15 is 0 Å². The van der Waals surface area contributed by atoms with Crippen LogP contribution in [-0.4, -0.2) is 48.3 Å². The van der Waals surface area contributed by atoms with Crippen LogP contribution in [0.3, 0.4) is 0 Å². The van der Waals surface area contributed by atoms with E-state index < -0.39 is 30.5 Å². The van der Waals surface area contributed by atoms with Gasteiger partial charge in [0.1, 0.15) is 11.9 Å². The fourth-order valence-electron chi connectivity index (χ4n) is 5.71. The average molecular weight is 489 g/mol. The van der Waals surface area contributed by atoms with Gasteiger partial charge in [-0.2, -0.15) is 0 Å². The molecule has 0 unspecified atom stereocenters. The number of ether oxygens (including phenoxy) is 1. The lowest BCUT2D eigenvalue weighted by atomic mass is 9.75. The Kier molecular flexibility index (Phi) is 6.30. The molecule has 1 saturated heterocycles. The minimum atomic E-state index is -3.09. The largest absolute Gasteiger partial charge is 0.496 e. The highest BCUT2D eigenvalue weighted by atomic mass is 19.3. The Hall–Kier alpha value is -2.58. The van der Waals surface area contributed by atoms with E-state index in [1.165, 1.54) is 23.8 Å². The zero-order valence-electron chi connectivity index (χ0n) is 19.9. The van der Waals surface area contributed by atoms with Crippen LogP contribution < -0.4 is 10.1 Å². The summed E-state index contributed by atoms with van der Waals surface area (Å²) < 4.78 is 47.1. The lowest BCUT2D eigenvalue weighted by Gasteiger charge is -2.41. The molecule has 2 aliphatic carbocycles. The molecule has 5 rings (SSSR count). The molecule has 0 spiro atoms. The van der Waals surface area contributed by atoms with Crippen LogP contribution in [0.15, 0.2) is 36.4 Å². The Labute approximate surface area is 203 Å². The third kappa shape index (κ3) is 4.54. The van der Waals surface area contributed by atoms with E-state index in [0.717, 1.165) is 24.9 Å². The van der Waals surface area contributed by atoms with Gasteiger partial charge in [-0.1, -0.05) is 18.2 Å². The average Bonchev–Trinajstić information content (AvgIpc) is 3.31. The summed E-state index contributed by atoms with van der Waals surface area (Å²) in [4.78, 5) is 15.1. The van der Waals surface area contributed by atoms with E-state index in [9.17, 15) is 23.1 Å². The molecule has 2 fully saturated rings. The fraction of sp³-hybridized carbons (Fsp3) is 0.519. The molecule has 8 heteroatoms. The number of amides is 1. The summed E-state index contributed by atoms with van der Waals surface area (Å²) in [5.74, 6) is -2.42. The number of nitrogens with zero attached hydrogens (tertiary/aromatic N) is 1. The van der Waals surface area contributed by atoms with Crippen LogP contribution in [0.2, 0.25) is 0 Å². The van der Waals surface area contributed by atoms with Crippen LogP contribution in [0.4, 0.5) is 13.2 Å². The quantitative estimate of drug-likeness (QED) is 0.601. The van der Waals surface area contributed by atoms with Gasteiger partial charge in [-0.3, -0.25) is 9.69 Å². The molecule has 1 saturated carbocycles.